The topological polar surface area (TPSA) is 38.3 Å². The standard InChI is InChI=1S/C24H45NO2.ClH/c1-5-6-7-8-9-10-11-12-13-14-19-25-21-24(26)27-20-18-23(4)17-15-16-22(2)3;/h16,18,25H,5-15,17,19-21H2,1-4H3;1H/b23-18+;. The number of carbonyl (C=O) groups excluding carboxylic acids is 1. The summed E-state index contributed by atoms with van der Waals surface area (Å²) in [6.07, 6.45) is 19.7. The van der Waals surface area contributed by atoms with Crippen LogP contribution in [0.5, 0.6) is 0 Å². The number of hydrogen-bond donors (Lipinski definition) is 1. The highest BCUT2D eigenvalue weighted by atomic mass is 35.5. The number of hydrogen-bond acceptors (Lipinski definition) is 3. The molecule has 0 aromatic heterocycles. The smallest absolute Gasteiger partial charge is 0.320 e. The molecular weight excluding hydrogens is 370 g/mol. The van der Waals surface area contributed by atoms with Gasteiger partial charge in [-0.05, 0) is 52.7 Å². The number of unbranched alkanes of at least 4 members (excludes halogenated alkanes) is 9. The zero-order chi connectivity index (χ0) is 20.2. The van der Waals surface area contributed by atoms with Crippen LogP contribution in [0.25, 0.3) is 0 Å². The molecule has 0 fully saturated rings. The molecule has 0 rings (SSSR count). The minimum atomic E-state index is -0.157. The van der Waals surface area contributed by atoms with Gasteiger partial charge >= 0.3 is 5.97 Å². The Morgan fingerprint density at radius 1 is 0.857 bits per heavy atom. The van der Waals surface area contributed by atoms with E-state index >= 15 is 0 Å². The second-order valence-corrected chi connectivity index (χ2v) is 7.91. The molecule has 0 aromatic carbocycles. The second-order valence-electron chi connectivity index (χ2n) is 7.91. The predicted octanol–water partition coefficient (Wildman–Crippen LogP) is 7.15. The highest BCUT2D eigenvalue weighted by molar-refractivity contribution is 5.85. The molecule has 0 atom stereocenters. The summed E-state index contributed by atoms with van der Waals surface area (Å²) in [7, 11) is 0. The van der Waals surface area contributed by atoms with Crippen molar-refractivity contribution in [3.63, 3.8) is 0 Å². The number of carbonyl (C=O) groups is 1. The first-order valence-corrected chi connectivity index (χ1v) is 11.2. The number of nitrogens with one attached hydrogen (secondary N) is 1. The summed E-state index contributed by atoms with van der Waals surface area (Å²) in [4.78, 5) is 11.7. The van der Waals surface area contributed by atoms with Crippen molar-refractivity contribution in [2.45, 2.75) is 105 Å². The lowest BCUT2D eigenvalue weighted by Gasteiger charge is -2.06. The predicted molar refractivity (Wildman–Crippen MR) is 125 cm³/mol. The molecule has 0 aliphatic carbocycles. The molecule has 0 amide bonds. The maximum absolute atomic E-state index is 11.7. The van der Waals surface area contributed by atoms with Crippen LogP contribution in [0.15, 0.2) is 23.3 Å². The summed E-state index contributed by atoms with van der Waals surface area (Å²) in [5.41, 5.74) is 2.63. The van der Waals surface area contributed by atoms with Crippen LogP contribution in [-0.4, -0.2) is 25.7 Å². The van der Waals surface area contributed by atoms with E-state index in [4.69, 9.17) is 4.74 Å². The Labute approximate surface area is 181 Å². The third-order valence-corrected chi connectivity index (χ3v) is 4.74. The Morgan fingerprint density at radius 3 is 2.00 bits per heavy atom. The molecule has 4 heteroatoms. The van der Waals surface area contributed by atoms with Gasteiger partial charge in [0.25, 0.3) is 0 Å². The molecule has 0 aliphatic rings. The van der Waals surface area contributed by atoms with Crippen molar-refractivity contribution in [2.24, 2.45) is 0 Å². The molecular formula is C24H46ClNO2. The van der Waals surface area contributed by atoms with Crippen molar-refractivity contribution in [1.29, 1.82) is 0 Å². The SMILES string of the molecule is CCCCCCCCCCCCNCC(=O)OC/C=C(\C)CCC=C(C)C.Cl. The molecule has 0 spiro atoms. The molecule has 166 valence electrons. The zero-order valence-electron chi connectivity index (χ0n) is 19.0. The maximum atomic E-state index is 11.7. The molecule has 0 bridgehead atoms. The fourth-order valence-electron chi connectivity index (χ4n) is 2.95. The summed E-state index contributed by atoms with van der Waals surface area (Å²) >= 11 is 0. The average molecular weight is 416 g/mol. The number of ether oxygens (including phenoxy) is 1. The van der Waals surface area contributed by atoms with Gasteiger partial charge in [-0.25, -0.2) is 0 Å². The van der Waals surface area contributed by atoms with E-state index in [0.717, 1.165) is 25.8 Å². The first-order valence-electron chi connectivity index (χ1n) is 11.2. The molecule has 28 heavy (non-hydrogen) atoms. The first kappa shape index (κ1) is 29.4. The van der Waals surface area contributed by atoms with E-state index in [1.165, 1.54) is 68.9 Å². The quantitative estimate of drug-likeness (QED) is 0.147. The first-order chi connectivity index (χ1) is 13.1. The van der Waals surface area contributed by atoms with E-state index in [1.807, 2.05) is 6.08 Å². The molecule has 0 radical (unpaired) electrons. The molecule has 0 heterocycles. The van der Waals surface area contributed by atoms with Gasteiger partial charge in [-0.2, -0.15) is 0 Å². The second kappa shape index (κ2) is 22.5. The number of rotatable bonds is 18. The average Bonchev–Trinajstić information content (AvgIpc) is 2.62. The van der Waals surface area contributed by atoms with Crippen molar-refractivity contribution in [2.75, 3.05) is 19.7 Å². The summed E-state index contributed by atoms with van der Waals surface area (Å²) in [5.74, 6) is -0.157. The zero-order valence-corrected chi connectivity index (χ0v) is 19.8. The Kier molecular flexibility index (Phi) is 23.6. The van der Waals surface area contributed by atoms with Crippen molar-refractivity contribution in [3.05, 3.63) is 23.3 Å². The number of allylic oxidation sites excluding steroid dienone is 3. The third kappa shape index (κ3) is 23.2. The Bertz CT molecular complexity index is 415. The Balaban J connectivity index is 0. The van der Waals surface area contributed by atoms with E-state index in [9.17, 15) is 4.79 Å². The summed E-state index contributed by atoms with van der Waals surface area (Å²) in [6, 6.07) is 0. The van der Waals surface area contributed by atoms with Crippen LogP contribution in [0, 0.1) is 0 Å². The maximum Gasteiger partial charge on any atom is 0.320 e. The van der Waals surface area contributed by atoms with Crippen molar-refractivity contribution in [1.82, 2.24) is 5.32 Å². The summed E-state index contributed by atoms with van der Waals surface area (Å²) < 4.78 is 5.25. The molecule has 0 aromatic rings. The van der Waals surface area contributed by atoms with Gasteiger partial charge in [-0.3, -0.25) is 4.79 Å². The number of halogens is 1. The van der Waals surface area contributed by atoms with Gasteiger partial charge in [0.05, 0.1) is 6.54 Å². The van der Waals surface area contributed by atoms with Crippen LogP contribution < -0.4 is 5.32 Å². The molecule has 3 nitrogen and oxygen atoms in total. The van der Waals surface area contributed by atoms with E-state index in [0.29, 0.717) is 13.2 Å². The van der Waals surface area contributed by atoms with Crippen molar-refractivity contribution >= 4 is 18.4 Å². The summed E-state index contributed by atoms with van der Waals surface area (Å²) in [6.45, 7) is 10.2. The van der Waals surface area contributed by atoms with Gasteiger partial charge in [0.2, 0.25) is 0 Å². The van der Waals surface area contributed by atoms with Crippen LogP contribution in [0.1, 0.15) is 105 Å². The van der Waals surface area contributed by atoms with Crippen LogP contribution in [0.4, 0.5) is 0 Å². The highest BCUT2D eigenvalue weighted by Gasteiger charge is 2.01. The van der Waals surface area contributed by atoms with Crippen LogP contribution in [-0.2, 0) is 9.53 Å². The van der Waals surface area contributed by atoms with Crippen LogP contribution in [0.2, 0.25) is 0 Å². The molecule has 1 N–H and O–H groups in total. The largest absolute Gasteiger partial charge is 0.460 e. The fourth-order valence-corrected chi connectivity index (χ4v) is 2.95. The molecule has 0 saturated carbocycles. The van der Waals surface area contributed by atoms with Gasteiger partial charge in [0, 0.05) is 0 Å². The van der Waals surface area contributed by atoms with Crippen molar-refractivity contribution < 1.29 is 9.53 Å². The van der Waals surface area contributed by atoms with E-state index in [2.05, 4.69) is 39.1 Å². The van der Waals surface area contributed by atoms with Gasteiger partial charge < -0.3 is 10.1 Å². The molecule has 0 unspecified atom stereocenters. The fraction of sp³-hybridized carbons (Fsp3) is 0.792. The normalized spacial score (nSPS) is 11.1. The lowest BCUT2D eigenvalue weighted by molar-refractivity contribution is -0.141. The monoisotopic (exact) mass is 415 g/mol. The van der Waals surface area contributed by atoms with Crippen LogP contribution in [0.3, 0.4) is 0 Å². The van der Waals surface area contributed by atoms with E-state index < -0.39 is 0 Å². The minimum Gasteiger partial charge on any atom is -0.460 e. The van der Waals surface area contributed by atoms with Gasteiger partial charge in [0.15, 0.2) is 0 Å². The summed E-state index contributed by atoms with van der Waals surface area (Å²) in [5, 5.41) is 3.19. The number of esters is 1. The van der Waals surface area contributed by atoms with Gasteiger partial charge in [0.1, 0.15) is 6.61 Å². The Hall–Kier alpha value is -0.800. The van der Waals surface area contributed by atoms with Gasteiger partial charge in [-0.1, -0.05) is 81.9 Å². The lowest BCUT2D eigenvalue weighted by Crippen LogP contribution is -2.25. The van der Waals surface area contributed by atoms with E-state index in [-0.39, 0.29) is 18.4 Å². The molecule has 0 aliphatic heterocycles. The lowest BCUT2D eigenvalue weighted by atomic mass is 10.1. The van der Waals surface area contributed by atoms with Crippen LogP contribution >= 0.6 is 12.4 Å². The van der Waals surface area contributed by atoms with Gasteiger partial charge in [-0.15, -0.1) is 12.4 Å². The Morgan fingerprint density at radius 2 is 1.43 bits per heavy atom. The van der Waals surface area contributed by atoms with Crippen molar-refractivity contribution in [3.8, 4) is 0 Å². The third-order valence-electron chi connectivity index (χ3n) is 4.74. The highest BCUT2D eigenvalue weighted by Crippen LogP contribution is 2.10. The molecule has 0 saturated heterocycles. The van der Waals surface area contributed by atoms with E-state index in [1.54, 1.807) is 0 Å². The minimum absolute atomic E-state index is 0.